The fourth-order valence-corrected chi connectivity index (χ4v) is 12.5. The first-order valence-corrected chi connectivity index (χ1v) is 42.9. The fraction of sp³-hybridized carbons (Fsp3) is 0.787. The van der Waals surface area contributed by atoms with E-state index in [1.54, 1.807) is 81.7 Å². The Kier molecular flexibility index (Phi) is 54.7. The summed E-state index contributed by atoms with van der Waals surface area (Å²) in [5.41, 5.74) is 28.3. The number of rotatable bonds is 61. The van der Waals surface area contributed by atoms with E-state index >= 15 is 0 Å². The van der Waals surface area contributed by atoms with E-state index in [4.69, 9.17) is 28.7 Å². The molecule has 16 amide bonds. The Labute approximate surface area is 686 Å². The Hall–Kier alpha value is -8.02. The number of carbonyl (C=O) groups excluding carboxylic acids is 16. The van der Waals surface area contributed by atoms with Crippen LogP contribution in [0.1, 0.15) is 193 Å². The average Bonchev–Trinajstić information content (AvgIpc) is 0.845. The monoisotopic (exact) mass is 1670 g/mol. The standard InChI is InChI=1S/C75H140N20O18S2/c1-16-42(8)58(93-57(98)37-79)74(112)88-52(29-34-115-15)68(106)91-56(39-97)72(110)92-55(38-96)71(109)90-54(36-41(6)7)70(108)87-51(28-33-114-14)67(105)86-49(26-20-23-31-77)65(103)85-50(27-21-24-32-78)66(104)89-53(35-40(4)5)69(107)82-45(11)62(100)81-47(13)64(102)94-60(44(10)18-3)75(113)95-59(43(9)17-2)73(111)83-46(12)63(101)84-48(61(80)99)25-19-22-30-76/h40-56,58-60,96-97H,16-39,76-79H2,1-15H3,(H2,80,99)(H,81,100)(H,82,107)(H,83,111)(H,84,101)(H,85,103)(H,86,105)(H,87,108)(H,88,112)(H,89,104)(H,90,109)(H,91,106)(H,92,110)(H,93,98)(H,94,102)(H,95,113)/t42-,43-,44-,45-,46-,47-,48-,49-,50-,51-,52-,53-,54-,55-,56-,58-,59-,60-/m0/s1. The molecule has 0 saturated heterocycles. The Bertz CT molecular complexity index is 3090. The first kappa shape index (κ1) is 107. The Balaban J connectivity index is 6.74. The largest absolute Gasteiger partial charge is 0.394 e. The summed E-state index contributed by atoms with van der Waals surface area (Å²) in [6.45, 7) is 20.0. The van der Waals surface area contributed by atoms with Gasteiger partial charge in [-0.25, -0.2) is 0 Å². The van der Waals surface area contributed by atoms with Crippen molar-refractivity contribution in [3.63, 3.8) is 0 Å². The van der Waals surface area contributed by atoms with Crippen LogP contribution in [-0.4, -0.2) is 259 Å². The predicted molar refractivity (Wildman–Crippen MR) is 440 cm³/mol. The summed E-state index contributed by atoms with van der Waals surface area (Å²) in [5.74, 6) is -14.3. The second-order valence-electron chi connectivity index (χ2n) is 30.1. The van der Waals surface area contributed by atoms with Crippen LogP contribution in [-0.2, 0) is 76.7 Å². The molecule has 0 spiro atoms. The van der Waals surface area contributed by atoms with E-state index in [0.717, 1.165) is 0 Å². The van der Waals surface area contributed by atoms with Crippen molar-refractivity contribution in [2.45, 2.75) is 283 Å². The predicted octanol–water partition coefficient (Wildman–Crippen LogP) is -4.13. The van der Waals surface area contributed by atoms with Crippen molar-refractivity contribution < 1.29 is 86.9 Å². The van der Waals surface area contributed by atoms with Crippen LogP contribution in [0.5, 0.6) is 0 Å². The SMILES string of the molecule is CC[C@H](C)[C@H](NC(=O)CN)C(=O)N[C@@H](CCSC)C(=O)N[C@@H](CO)C(=O)N[C@@H](CO)C(=O)N[C@@H](CC(C)C)C(=O)N[C@@H](CCSC)C(=O)N[C@@H](CCCCN)C(=O)N[C@@H](CCCCN)C(=O)N[C@@H](CC(C)C)C(=O)N[C@@H](C)C(=O)N[C@@H](C)C(=O)N[C@H](C(=O)N[C@H](C(=O)N[C@@H](C)C(=O)N[C@@H](CCCCN)C(N)=O)[C@@H](C)CC)[C@@H](C)CC. The van der Waals surface area contributed by atoms with Gasteiger partial charge in [0, 0.05) is 0 Å². The lowest BCUT2D eigenvalue weighted by molar-refractivity contribution is -0.137. The summed E-state index contributed by atoms with van der Waals surface area (Å²) < 4.78 is 0. The Morgan fingerprint density at radius 3 is 0.870 bits per heavy atom. The second-order valence-corrected chi connectivity index (χ2v) is 32.0. The van der Waals surface area contributed by atoms with Crippen LogP contribution in [0.2, 0.25) is 0 Å². The molecule has 0 aliphatic heterocycles. The van der Waals surface area contributed by atoms with E-state index in [2.05, 4.69) is 79.8 Å². The minimum Gasteiger partial charge on any atom is -0.394 e. The summed E-state index contributed by atoms with van der Waals surface area (Å²) in [7, 11) is 0. The van der Waals surface area contributed by atoms with E-state index in [9.17, 15) is 86.9 Å². The molecular formula is C75H140N20O18S2. The number of amides is 16. The third kappa shape index (κ3) is 41.1. The van der Waals surface area contributed by atoms with E-state index in [-0.39, 0.29) is 75.8 Å². The van der Waals surface area contributed by atoms with Gasteiger partial charge in [0.15, 0.2) is 0 Å². The highest BCUT2D eigenvalue weighted by atomic mass is 32.2. The van der Waals surface area contributed by atoms with Crippen molar-refractivity contribution in [2.24, 2.45) is 58.3 Å². The molecule has 0 saturated carbocycles. The summed E-state index contributed by atoms with van der Waals surface area (Å²) in [6.07, 6.45) is 7.62. The van der Waals surface area contributed by atoms with Crippen molar-refractivity contribution in [1.82, 2.24) is 79.8 Å². The van der Waals surface area contributed by atoms with Crippen molar-refractivity contribution in [3.05, 3.63) is 0 Å². The van der Waals surface area contributed by atoms with E-state index in [1.165, 1.54) is 44.3 Å². The molecular weight excluding hydrogens is 1530 g/mol. The van der Waals surface area contributed by atoms with Gasteiger partial charge < -0.3 is 119 Å². The molecule has 0 aromatic heterocycles. The van der Waals surface area contributed by atoms with Gasteiger partial charge in [0.1, 0.15) is 90.6 Å². The van der Waals surface area contributed by atoms with Crippen LogP contribution >= 0.6 is 23.5 Å². The van der Waals surface area contributed by atoms with Crippen molar-refractivity contribution in [2.75, 3.05) is 63.4 Å². The number of nitrogens with one attached hydrogen (secondary N) is 15. The molecule has 0 rings (SSSR count). The molecule has 0 unspecified atom stereocenters. The zero-order valence-corrected chi connectivity index (χ0v) is 71.8. The van der Waals surface area contributed by atoms with Crippen molar-refractivity contribution in [1.29, 1.82) is 0 Å². The lowest BCUT2D eigenvalue weighted by atomic mass is 9.94. The molecule has 0 aromatic carbocycles. The van der Waals surface area contributed by atoms with Gasteiger partial charge in [-0.2, -0.15) is 23.5 Å². The van der Waals surface area contributed by atoms with Gasteiger partial charge in [-0.3, -0.25) is 76.7 Å². The molecule has 0 fully saturated rings. The molecule has 18 atom stereocenters. The number of nitrogens with two attached hydrogens (primary N) is 5. The van der Waals surface area contributed by atoms with Crippen LogP contribution < -0.4 is 108 Å². The van der Waals surface area contributed by atoms with E-state index in [1.807, 2.05) is 0 Å². The van der Waals surface area contributed by atoms with E-state index < -0.39 is 217 Å². The number of primary amides is 1. The zero-order chi connectivity index (χ0) is 87.8. The molecule has 38 nitrogen and oxygen atoms in total. The minimum atomic E-state index is -1.77. The first-order valence-electron chi connectivity index (χ1n) is 40.1. The summed E-state index contributed by atoms with van der Waals surface area (Å²) in [5, 5.41) is 59.8. The highest BCUT2D eigenvalue weighted by Crippen LogP contribution is 2.17. The zero-order valence-electron chi connectivity index (χ0n) is 70.1. The summed E-state index contributed by atoms with van der Waals surface area (Å²) in [6, 6.07) is -19.8. The molecule has 115 heavy (non-hydrogen) atoms. The smallest absolute Gasteiger partial charge is 0.245 e. The lowest BCUT2D eigenvalue weighted by Crippen LogP contribution is -2.62. The van der Waals surface area contributed by atoms with Crippen LogP contribution in [0.3, 0.4) is 0 Å². The van der Waals surface area contributed by atoms with Crippen LogP contribution in [0.25, 0.3) is 0 Å². The molecule has 40 heteroatoms. The van der Waals surface area contributed by atoms with Crippen LogP contribution in [0.15, 0.2) is 0 Å². The maximum atomic E-state index is 14.6. The molecule has 0 aromatic rings. The van der Waals surface area contributed by atoms with Gasteiger partial charge in [-0.05, 0) is 177 Å². The molecule has 0 bridgehead atoms. The first-order chi connectivity index (χ1) is 54.2. The maximum Gasteiger partial charge on any atom is 0.245 e. The quantitative estimate of drug-likeness (QED) is 0.0257. The number of aliphatic hydroxyl groups is 2. The van der Waals surface area contributed by atoms with Gasteiger partial charge in [0.25, 0.3) is 0 Å². The molecule has 0 heterocycles. The summed E-state index contributed by atoms with van der Waals surface area (Å²) >= 11 is 2.69. The molecule has 660 valence electrons. The third-order valence-electron chi connectivity index (χ3n) is 19.4. The molecule has 0 radical (unpaired) electrons. The summed E-state index contributed by atoms with van der Waals surface area (Å²) in [4.78, 5) is 220. The third-order valence-corrected chi connectivity index (χ3v) is 20.7. The fourth-order valence-electron chi connectivity index (χ4n) is 11.6. The Morgan fingerprint density at radius 2 is 0.539 bits per heavy atom. The van der Waals surface area contributed by atoms with E-state index in [0.29, 0.717) is 75.8 Å². The number of hydrogen-bond acceptors (Lipinski definition) is 24. The number of thioether (sulfide) groups is 2. The van der Waals surface area contributed by atoms with Crippen LogP contribution in [0.4, 0.5) is 0 Å². The van der Waals surface area contributed by atoms with Gasteiger partial charge in [-0.1, -0.05) is 88.5 Å². The minimum absolute atomic E-state index is 0.000563. The van der Waals surface area contributed by atoms with Crippen molar-refractivity contribution >= 4 is 118 Å². The number of hydrogen-bond donors (Lipinski definition) is 22. The van der Waals surface area contributed by atoms with Crippen molar-refractivity contribution in [3.8, 4) is 0 Å². The Morgan fingerprint density at radius 1 is 0.296 bits per heavy atom. The second kappa shape index (κ2) is 58.8. The normalized spacial score (nSPS) is 16.0. The number of carbonyl (C=O) groups is 16. The number of aliphatic hydroxyl groups excluding tert-OH is 2. The number of unbranched alkanes of at least 4 members (excludes halogenated alkanes) is 3. The molecule has 0 aliphatic carbocycles. The molecule has 0 aliphatic rings. The van der Waals surface area contributed by atoms with Gasteiger partial charge in [-0.15, -0.1) is 0 Å². The molecule has 27 N–H and O–H groups in total. The van der Waals surface area contributed by atoms with Gasteiger partial charge in [0.2, 0.25) is 94.5 Å². The average molecular weight is 1670 g/mol. The highest BCUT2D eigenvalue weighted by Gasteiger charge is 2.39. The maximum absolute atomic E-state index is 14.6. The van der Waals surface area contributed by atoms with Gasteiger partial charge in [0.05, 0.1) is 19.8 Å². The van der Waals surface area contributed by atoms with Gasteiger partial charge >= 0.3 is 0 Å². The topological polar surface area (TPSA) is 624 Å². The highest BCUT2D eigenvalue weighted by molar-refractivity contribution is 7.98. The van der Waals surface area contributed by atoms with Crippen LogP contribution in [0, 0.1) is 29.6 Å². The lowest BCUT2D eigenvalue weighted by Gasteiger charge is -2.30.